The van der Waals surface area contributed by atoms with Gasteiger partial charge in [-0.15, -0.1) is 0 Å². The first-order valence-electron chi connectivity index (χ1n) is 7.93. The van der Waals surface area contributed by atoms with Gasteiger partial charge in [0.05, 0.1) is 0 Å². The number of rotatable bonds is 4. The summed E-state index contributed by atoms with van der Waals surface area (Å²) in [5, 5.41) is 0. The number of para-hydroxylation sites is 2. The Morgan fingerprint density at radius 1 is 0.957 bits per heavy atom. The first-order chi connectivity index (χ1) is 11.2. The second kappa shape index (κ2) is 7.18. The molecule has 0 saturated carbocycles. The van der Waals surface area contributed by atoms with Crippen LogP contribution in [-0.2, 0) is 4.79 Å². The molecule has 1 aliphatic rings. The summed E-state index contributed by atoms with van der Waals surface area (Å²) in [5.41, 5.74) is 0. The Bertz CT molecular complexity index is 630. The Balaban J connectivity index is 1.69. The van der Waals surface area contributed by atoms with Gasteiger partial charge in [0.1, 0.15) is 17.6 Å². The lowest BCUT2D eigenvalue weighted by molar-refractivity contribution is -0.142. The van der Waals surface area contributed by atoms with Crippen molar-refractivity contribution in [2.75, 3.05) is 6.54 Å². The SMILES string of the molecule is CC(=O)N1CCC(Oc2ccccc2)CC1Oc1ccccc1. The first kappa shape index (κ1) is 15.4. The highest BCUT2D eigenvalue weighted by Gasteiger charge is 2.32. The molecule has 0 bridgehead atoms. The maximum absolute atomic E-state index is 11.9. The summed E-state index contributed by atoms with van der Waals surface area (Å²) in [6.07, 6.45) is 1.21. The maximum atomic E-state index is 11.9. The van der Waals surface area contributed by atoms with Gasteiger partial charge in [0, 0.05) is 26.3 Å². The van der Waals surface area contributed by atoms with Crippen molar-refractivity contribution in [3.63, 3.8) is 0 Å². The summed E-state index contributed by atoms with van der Waals surface area (Å²) in [6, 6.07) is 19.4. The number of amides is 1. The van der Waals surface area contributed by atoms with Crippen molar-refractivity contribution in [3.05, 3.63) is 60.7 Å². The summed E-state index contributed by atoms with van der Waals surface area (Å²) in [5.74, 6) is 1.65. The van der Waals surface area contributed by atoms with Crippen LogP contribution in [-0.4, -0.2) is 29.7 Å². The third-order valence-electron chi connectivity index (χ3n) is 3.97. The van der Waals surface area contributed by atoms with E-state index in [1.54, 1.807) is 11.8 Å². The van der Waals surface area contributed by atoms with E-state index < -0.39 is 0 Å². The summed E-state index contributed by atoms with van der Waals surface area (Å²) >= 11 is 0. The number of nitrogens with zero attached hydrogens (tertiary/aromatic N) is 1. The predicted octanol–water partition coefficient (Wildman–Crippen LogP) is 3.48. The molecule has 4 nitrogen and oxygen atoms in total. The minimum atomic E-state index is -0.294. The van der Waals surface area contributed by atoms with E-state index in [9.17, 15) is 4.79 Å². The van der Waals surface area contributed by atoms with Crippen molar-refractivity contribution < 1.29 is 14.3 Å². The van der Waals surface area contributed by atoms with Crippen LogP contribution in [0.25, 0.3) is 0 Å². The Hall–Kier alpha value is -2.49. The van der Waals surface area contributed by atoms with Crippen molar-refractivity contribution in [3.8, 4) is 11.5 Å². The Morgan fingerprint density at radius 3 is 2.09 bits per heavy atom. The number of piperidine rings is 1. The van der Waals surface area contributed by atoms with Crippen LogP contribution in [0.3, 0.4) is 0 Å². The highest BCUT2D eigenvalue weighted by atomic mass is 16.5. The van der Waals surface area contributed by atoms with Gasteiger partial charge in [0.2, 0.25) is 5.91 Å². The molecule has 0 aliphatic carbocycles. The molecule has 2 aromatic rings. The van der Waals surface area contributed by atoms with E-state index in [4.69, 9.17) is 9.47 Å². The number of benzene rings is 2. The molecule has 2 atom stereocenters. The molecule has 1 heterocycles. The molecule has 1 saturated heterocycles. The summed E-state index contributed by atoms with van der Waals surface area (Å²) in [7, 11) is 0. The van der Waals surface area contributed by atoms with Crippen LogP contribution in [0, 0.1) is 0 Å². The average Bonchev–Trinajstić information content (AvgIpc) is 2.57. The number of carbonyl (C=O) groups excluding carboxylic acids is 1. The number of carbonyl (C=O) groups is 1. The minimum Gasteiger partial charge on any atom is -0.490 e. The van der Waals surface area contributed by atoms with Crippen molar-refractivity contribution in [2.45, 2.75) is 32.1 Å². The number of hydrogen-bond acceptors (Lipinski definition) is 3. The van der Waals surface area contributed by atoms with Gasteiger partial charge in [0.15, 0.2) is 6.23 Å². The molecule has 23 heavy (non-hydrogen) atoms. The first-order valence-corrected chi connectivity index (χ1v) is 7.93. The maximum Gasteiger partial charge on any atom is 0.222 e. The number of hydrogen-bond donors (Lipinski definition) is 0. The molecule has 4 heteroatoms. The molecule has 0 spiro atoms. The fraction of sp³-hybridized carbons (Fsp3) is 0.316. The van der Waals surface area contributed by atoms with Gasteiger partial charge in [-0.05, 0) is 24.3 Å². The zero-order valence-corrected chi connectivity index (χ0v) is 13.2. The van der Waals surface area contributed by atoms with E-state index in [0.717, 1.165) is 17.9 Å². The van der Waals surface area contributed by atoms with Crippen LogP contribution in [0.1, 0.15) is 19.8 Å². The summed E-state index contributed by atoms with van der Waals surface area (Å²) < 4.78 is 12.1. The topological polar surface area (TPSA) is 38.8 Å². The smallest absolute Gasteiger partial charge is 0.222 e. The fourth-order valence-electron chi connectivity index (χ4n) is 2.82. The van der Waals surface area contributed by atoms with Gasteiger partial charge in [-0.1, -0.05) is 36.4 Å². The Morgan fingerprint density at radius 2 is 1.52 bits per heavy atom. The zero-order chi connectivity index (χ0) is 16.1. The van der Waals surface area contributed by atoms with Crippen LogP contribution < -0.4 is 9.47 Å². The van der Waals surface area contributed by atoms with Gasteiger partial charge in [-0.25, -0.2) is 0 Å². The number of ether oxygens (including phenoxy) is 2. The fourth-order valence-corrected chi connectivity index (χ4v) is 2.82. The normalized spacial score (nSPS) is 20.8. The third-order valence-corrected chi connectivity index (χ3v) is 3.97. The van der Waals surface area contributed by atoms with E-state index in [1.807, 2.05) is 60.7 Å². The molecule has 120 valence electrons. The molecule has 1 amide bonds. The average molecular weight is 311 g/mol. The molecule has 3 rings (SSSR count). The highest BCUT2D eigenvalue weighted by molar-refractivity contribution is 5.73. The standard InChI is InChI=1S/C19H21NO3/c1-15(21)20-13-12-18(22-16-8-4-2-5-9-16)14-19(20)23-17-10-6-3-7-11-17/h2-11,18-19H,12-14H2,1H3. The summed E-state index contributed by atoms with van der Waals surface area (Å²) in [6.45, 7) is 2.23. The van der Waals surface area contributed by atoms with Crippen LogP contribution in [0.15, 0.2) is 60.7 Å². The molecule has 0 N–H and O–H groups in total. The quantitative estimate of drug-likeness (QED) is 0.867. The Labute approximate surface area is 136 Å². The van der Waals surface area contributed by atoms with Crippen molar-refractivity contribution in [1.82, 2.24) is 4.90 Å². The monoisotopic (exact) mass is 311 g/mol. The minimum absolute atomic E-state index is 0.0316. The van der Waals surface area contributed by atoms with Crippen molar-refractivity contribution in [1.29, 1.82) is 0 Å². The predicted molar refractivity (Wildman–Crippen MR) is 88.3 cm³/mol. The second-order valence-electron chi connectivity index (χ2n) is 5.68. The van der Waals surface area contributed by atoms with E-state index in [2.05, 4.69) is 0 Å². The lowest BCUT2D eigenvalue weighted by Gasteiger charge is -2.38. The van der Waals surface area contributed by atoms with E-state index in [1.165, 1.54) is 0 Å². The number of likely N-dealkylation sites (tertiary alicyclic amines) is 1. The molecular formula is C19H21NO3. The molecule has 1 fully saturated rings. The summed E-state index contributed by atoms with van der Waals surface area (Å²) in [4.78, 5) is 13.6. The lowest BCUT2D eigenvalue weighted by atomic mass is 10.1. The molecule has 1 aliphatic heterocycles. The van der Waals surface area contributed by atoms with Crippen LogP contribution in [0.5, 0.6) is 11.5 Å². The van der Waals surface area contributed by atoms with Crippen LogP contribution in [0.4, 0.5) is 0 Å². The van der Waals surface area contributed by atoms with Crippen LogP contribution in [0.2, 0.25) is 0 Å². The van der Waals surface area contributed by atoms with E-state index in [-0.39, 0.29) is 18.2 Å². The third kappa shape index (κ3) is 4.03. The van der Waals surface area contributed by atoms with Gasteiger partial charge < -0.3 is 14.4 Å². The molecule has 0 aromatic heterocycles. The van der Waals surface area contributed by atoms with Gasteiger partial charge in [-0.2, -0.15) is 0 Å². The van der Waals surface area contributed by atoms with Gasteiger partial charge in [-0.3, -0.25) is 4.79 Å². The molecule has 2 aromatic carbocycles. The Kier molecular flexibility index (Phi) is 4.81. The second-order valence-corrected chi connectivity index (χ2v) is 5.68. The van der Waals surface area contributed by atoms with E-state index >= 15 is 0 Å². The van der Waals surface area contributed by atoms with Crippen molar-refractivity contribution in [2.24, 2.45) is 0 Å². The van der Waals surface area contributed by atoms with Crippen molar-refractivity contribution >= 4 is 5.91 Å². The van der Waals surface area contributed by atoms with Gasteiger partial charge in [0.25, 0.3) is 0 Å². The zero-order valence-electron chi connectivity index (χ0n) is 13.2. The highest BCUT2D eigenvalue weighted by Crippen LogP contribution is 2.25. The lowest BCUT2D eigenvalue weighted by Crippen LogP contribution is -2.50. The molecular weight excluding hydrogens is 290 g/mol. The van der Waals surface area contributed by atoms with E-state index in [0.29, 0.717) is 13.0 Å². The largest absolute Gasteiger partial charge is 0.490 e. The van der Waals surface area contributed by atoms with Crippen LogP contribution >= 0.6 is 0 Å². The molecule has 0 radical (unpaired) electrons. The van der Waals surface area contributed by atoms with Gasteiger partial charge >= 0.3 is 0 Å². The molecule has 2 unspecified atom stereocenters.